The van der Waals surface area contributed by atoms with Crippen LogP contribution in [-0.4, -0.2) is 4.98 Å². The van der Waals surface area contributed by atoms with Crippen LogP contribution >= 0.6 is 0 Å². The molecule has 0 amide bonds. The molecule has 2 heteroatoms. The molecule has 6 rings (SSSR count). The number of benzene rings is 5. The van der Waals surface area contributed by atoms with Crippen molar-refractivity contribution in [3.8, 4) is 11.1 Å². The van der Waals surface area contributed by atoms with Gasteiger partial charge in [0.1, 0.15) is 0 Å². The minimum atomic E-state index is 1.08. The van der Waals surface area contributed by atoms with E-state index in [2.05, 4.69) is 113 Å². The van der Waals surface area contributed by atoms with Gasteiger partial charge in [0.25, 0.3) is 0 Å². The van der Waals surface area contributed by atoms with Gasteiger partial charge >= 0.3 is 0 Å². The molecule has 0 aliphatic rings. The highest BCUT2D eigenvalue weighted by atomic mass is 14.9. The molecule has 0 radical (unpaired) electrons. The van der Waals surface area contributed by atoms with Gasteiger partial charge in [-0.3, -0.25) is 0 Å². The van der Waals surface area contributed by atoms with Crippen LogP contribution in [0.3, 0.4) is 0 Å². The first-order valence-corrected chi connectivity index (χ1v) is 10.2. The van der Waals surface area contributed by atoms with E-state index in [1.54, 1.807) is 0 Å². The molecular formula is C28H20N2. The average molecular weight is 384 g/mol. The maximum Gasteiger partial charge on any atom is 0.0545 e. The first-order valence-electron chi connectivity index (χ1n) is 10.2. The number of hydrogen-bond donors (Lipinski definition) is 2. The molecule has 0 saturated carbocycles. The molecule has 0 unspecified atom stereocenters. The van der Waals surface area contributed by atoms with Gasteiger partial charge in [0, 0.05) is 38.5 Å². The zero-order valence-electron chi connectivity index (χ0n) is 16.4. The fraction of sp³-hybridized carbons (Fsp3) is 0. The van der Waals surface area contributed by atoms with E-state index in [1.807, 2.05) is 6.07 Å². The fourth-order valence-corrected chi connectivity index (χ4v) is 4.39. The van der Waals surface area contributed by atoms with Gasteiger partial charge in [-0.1, -0.05) is 91.0 Å². The summed E-state index contributed by atoms with van der Waals surface area (Å²) in [4.78, 5) is 3.66. The number of hydrogen-bond acceptors (Lipinski definition) is 1. The Morgan fingerprint density at radius 2 is 1.23 bits per heavy atom. The van der Waals surface area contributed by atoms with Gasteiger partial charge in [0.15, 0.2) is 0 Å². The smallest absolute Gasteiger partial charge is 0.0545 e. The maximum absolute atomic E-state index is 3.70. The summed E-state index contributed by atoms with van der Waals surface area (Å²) in [6, 6.07) is 38.4. The summed E-state index contributed by atoms with van der Waals surface area (Å²) in [5.41, 5.74) is 6.94. The zero-order valence-corrected chi connectivity index (χ0v) is 16.4. The van der Waals surface area contributed by atoms with Crippen LogP contribution in [0.25, 0.3) is 43.7 Å². The number of H-pyrrole nitrogens is 1. The number of anilines is 2. The number of aromatic amines is 1. The van der Waals surface area contributed by atoms with Crippen LogP contribution in [-0.2, 0) is 0 Å². The Hall–Kier alpha value is -4.04. The van der Waals surface area contributed by atoms with Gasteiger partial charge in [0.05, 0.1) is 11.2 Å². The molecule has 6 aromatic rings. The van der Waals surface area contributed by atoms with E-state index in [9.17, 15) is 0 Å². The van der Waals surface area contributed by atoms with Crippen LogP contribution in [0.4, 0.5) is 11.4 Å². The molecule has 1 heterocycles. The van der Waals surface area contributed by atoms with Crippen LogP contribution in [0.2, 0.25) is 0 Å². The first-order chi connectivity index (χ1) is 14.9. The Morgan fingerprint density at radius 3 is 2.13 bits per heavy atom. The Balaban J connectivity index is 1.66. The molecule has 0 saturated heterocycles. The maximum atomic E-state index is 3.70. The van der Waals surface area contributed by atoms with Crippen molar-refractivity contribution in [2.45, 2.75) is 0 Å². The molecule has 0 atom stereocenters. The van der Waals surface area contributed by atoms with E-state index >= 15 is 0 Å². The third-order valence-electron chi connectivity index (χ3n) is 5.80. The largest absolute Gasteiger partial charge is 0.355 e. The molecule has 2 nitrogen and oxygen atoms in total. The highest BCUT2D eigenvalue weighted by Crippen LogP contribution is 2.40. The molecule has 0 spiro atoms. The second-order valence-electron chi connectivity index (χ2n) is 7.60. The molecule has 30 heavy (non-hydrogen) atoms. The number of nitrogens with one attached hydrogen (secondary N) is 2. The SMILES string of the molecule is c1ccc(Nc2c(-c3cccc4c3[nH]c3ccccc34)ccc3ccccc23)cc1. The normalized spacial score (nSPS) is 11.3. The summed E-state index contributed by atoms with van der Waals surface area (Å²) in [5, 5.41) is 8.65. The molecule has 1 aromatic heterocycles. The van der Waals surface area contributed by atoms with Crippen LogP contribution in [0.15, 0.2) is 109 Å². The lowest BCUT2D eigenvalue weighted by molar-refractivity contribution is 1.52. The number of para-hydroxylation sites is 3. The molecule has 142 valence electrons. The molecule has 0 bridgehead atoms. The number of rotatable bonds is 3. The van der Waals surface area contributed by atoms with Crippen LogP contribution in [0.1, 0.15) is 0 Å². The minimum absolute atomic E-state index is 1.08. The Bertz CT molecular complexity index is 1510. The Labute approximate surface area is 174 Å². The van der Waals surface area contributed by atoms with Crippen LogP contribution in [0.5, 0.6) is 0 Å². The zero-order chi connectivity index (χ0) is 19.9. The first kappa shape index (κ1) is 16.9. The second-order valence-corrected chi connectivity index (χ2v) is 7.60. The van der Waals surface area contributed by atoms with Crippen molar-refractivity contribution >= 4 is 44.0 Å². The van der Waals surface area contributed by atoms with E-state index < -0.39 is 0 Å². The second kappa shape index (κ2) is 6.78. The minimum Gasteiger partial charge on any atom is -0.355 e. The van der Waals surface area contributed by atoms with Crippen LogP contribution in [0, 0.1) is 0 Å². The third-order valence-corrected chi connectivity index (χ3v) is 5.80. The predicted molar refractivity (Wildman–Crippen MR) is 128 cm³/mol. The van der Waals surface area contributed by atoms with Crippen molar-refractivity contribution in [2.24, 2.45) is 0 Å². The van der Waals surface area contributed by atoms with Gasteiger partial charge in [-0.2, -0.15) is 0 Å². The van der Waals surface area contributed by atoms with Crippen molar-refractivity contribution in [2.75, 3.05) is 5.32 Å². The number of aromatic nitrogens is 1. The van der Waals surface area contributed by atoms with E-state index in [-0.39, 0.29) is 0 Å². The lowest BCUT2D eigenvalue weighted by Gasteiger charge is -2.16. The highest BCUT2D eigenvalue weighted by molar-refractivity contribution is 6.14. The third kappa shape index (κ3) is 2.66. The summed E-state index contributed by atoms with van der Waals surface area (Å²) in [6.45, 7) is 0. The highest BCUT2D eigenvalue weighted by Gasteiger charge is 2.14. The molecule has 0 aliphatic carbocycles. The van der Waals surface area contributed by atoms with Crippen molar-refractivity contribution in [1.29, 1.82) is 0 Å². The molecule has 5 aromatic carbocycles. The Morgan fingerprint density at radius 1 is 0.500 bits per heavy atom. The topological polar surface area (TPSA) is 27.8 Å². The van der Waals surface area contributed by atoms with Gasteiger partial charge in [-0.25, -0.2) is 0 Å². The van der Waals surface area contributed by atoms with Crippen molar-refractivity contribution < 1.29 is 0 Å². The molecular weight excluding hydrogens is 364 g/mol. The van der Waals surface area contributed by atoms with E-state index in [4.69, 9.17) is 0 Å². The van der Waals surface area contributed by atoms with Crippen molar-refractivity contribution in [3.63, 3.8) is 0 Å². The lowest BCUT2D eigenvalue weighted by atomic mass is 9.96. The quantitative estimate of drug-likeness (QED) is 0.319. The summed E-state index contributed by atoms with van der Waals surface area (Å²) >= 11 is 0. The van der Waals surface area contributed by atoms with Crippen LogP contribution < -0.4 is 5.32 Å². The monoisotopic (exact) mass is 384 g/mol. The Kier molecular flexibility index (Phi) is 3.82. The fourth-order valence-electron chi connectivity index (χ4n) is 4.39. The average Bonchev–Trinajstić information content (AvgIpc) is 3.19. The summed E-state index contributed by atoms with van der Waals surface area (Å²) in [5.74, 6) is 0. The van der Waals surface area contributed by atoms with Gasteiger partial charge in [-0.05, 0) is 23.6 Å². The number of fused-ring (bicyclic) bond motifs is 4. The van der Waals surface area contributed by atoms with Crippen molar-refractivity contribution in [3.05, 3.63) is 109 Å². The predicted octanol–water partition coefficient (Wildman–Crippen LogP) is 7.88. The summed E-state index contributed by atoms with van der Waals surface area (Å²) < 4.78 is 0. The van der Waals surface area contributed by atoms with Gasteiger partial charge in [-0.15, -0.1) is 0 Å². The van der Waals surface area contributed by atoms with E-state index in [0.717, 1.165) is 11.4 Å². The van der Waals surface area contributed by atoms with Gasteiger partial charge < -0.3 is 10.3 Å². The summed E-state index contributed by atoms with van der Waals surface area (Å²) in [7, 11) is 0. The molecule has 0 aliphatic heterocycles. The lowest BCUT2D eigenvalue weighted by Crippen LogP contribution is -1.95. The van der Waals surface area contributed by atoms with E-state index in [0.29, 0.717) is 0 Å². The molecule has 0 fully saturated rings. The van der Waals surface area contributed by atoms with E-state index in [1.165, 1.54) is 43.7 Å². The standard InChI is InChI=1S/C28H20N2/c1-2-10-20(11-3-1)29-27-21-12-5-4-9-19(21)17-18-25(27)24-15-8-14-23-22-13-6-7-16-26(22)30-28(23)24/h1-18,29-30H. The summed E-state index contributed by atoms with van der Waals surface area (Å²) in [6.07, 6.45) is 0. The molecule has 2 N–H and O–H groups in total. The van der Waals surface area contributed by atoms with Gasteiger partial charge in [0.2, 0.25) is 0 Å². The van der Waals surface area contributed by atoms with Crippen molar-refractivity contribution in [1.82, 2.24) is 4.98 Å².